The Balaban J connectivity index is 2.07. The molecule has 39 heavy (non-hydrogen) atoms. The third kappa shape index (κ3) is 7.53. The van der Waals surface area contributed by atoms with Gasteiger partial charge in [-0.05, 0) is 76.1 Å². The quantitative estimate of drug-likeness (QED) is 0.326. The number of carbonyl (C=O) groups excluding carboxylic acids is 2. The van der Waals surface area contributed by atoms with Crippen LogP contribution < -0.4 is 9.62 Å². The van der Waals surface area contributed by atoms with Gasteiger partial charge in [-0.25, -0.2) is 8.42 Å². The van der Waals surface area contributed by atoms with E-state index in [1.807, 2.05) is 52.0 Å². The van der Waals surface area contributed by atoms with Gasteiger partial charge >= 0.3 is 0 Å². The van der Waals surface area contributed by atoms with Gasteiger partial charge in [-0.15, -0.1) is 0 Å². The highest BCUT2D eigenvalue weighted by Gasteiger charge is 2.33. The maximum absolute atomic E-state index is 13.9. The Morgan fingerprint density at radius 2 is 1.54 bits per heavy atom. The lowest BCUT2D eigenvalue weighted by molar-refractivity contribution is -0.139. The normalized spacial score (nSPS) is 12.2. The Kier molecular flexibility index (Phi) is 10.0. The molecule has 0 radical (unpaired) electrons. The lowest BCUT2D eigenvalue weighted by Crippen LogP contribution is -2.52. The summed E-state index contributed by atoms with van der Waals surface area (Å²) in [6.07, 6.45) is 0. The van der Waals surface area contributed by atoms with E-state index in [1.165, 1.54) is 35.2 Å². The molecule has 3 rings (SSSR count). The van der Waals surface area contributed by atoms with Crippen molar-refractivity contribution in [2.24, 2.45) is 0 Å². The number of nitrogens with one attached hydrogen (secondary N) is 1. The lowest BCUT2D eigenvalue weighted by Gasteiger charge is -2.32. The molecule has 0 aliphatic heterocycles. The number of hydrogen-bond acceptors (Lipinski definition) is 4. The van der Waals surface area contributed by atoms with Gasteiger partial charge < -0.3 is 10.2 Å². The van der Waals surface area contributed by atoms with E-state index >= 15 is 0 Å². The first-order chi connectivity index (χ1) is 18.3. The van der Waals surface area contributed by atoms with Gasteiger partial charge in [-0.2, -0.15) is 0 Å². The topological polar surface area (TPSA) is 86.8 Å². The summed E-state index contributed by atoms with van der Waals surface area (Å²) in [6.45, 7) is 8.63. The van der Waals surface area contributed by atoms with Crippen molar-refractivity contribution in [1.82, 2.24) is 10.2 Å². The number of aryl methyl sites for hydroxylation is 2. The molecular weight excluding hydrogens is 557 g/mol. The van der Waals surface area contributed by atoms with E-state index in [9.17, 15) is 18.0 Å². The second-order valence-electron chi connectivity index (χ2n) is 9.71. The van der Waals surface area contributed by atoms with Crippen molar-refractivity contribution in [3.63, 3.8) is 0 Å². The van der Waals surface area contributed by atoms with Gasteiger partial charge in [0.25, 0.3) is 10.0 Å². The van der Waals surface area contributed by atoms with Gasteiger partial charge in [-0.1, -0.05) is 65.2 Å². The predicted octanol–water partition coefficient (Wildman–Crippen LogP) is 5.75. The van der Waals surface area contributed by atoms with E-state index in [1.54, 1.807) is 19.1 Å². The van der Waals surface area contributed by atoms with Crippen molar-refractivity contribution in [3.8, 4) is 0 Å². The highest BCUT2D eigenvalue weighted by Crippen LogP contribution is 2.31. The molecule has 0 unspecified atom stereocenters. The van der Waals surface area contributed by atoms with Gasteiger partial charge in [0, 0.05) is 12.6 Å². The summed E-state index contributed by atoms with van der Waals surface area (Å²) < 4.78 is 28.7. The fourth-order valence-electron chi connectivity index (χ4n) is 3.97. The molecule has 0 aliphatic rings. The van der Waals surface area contributed by atoms with Crippen molar-refractivity contribution in [2.75, 3.05) is 10.8 Å². The van der Waals surface area contributed by atoms with Crippen molar-refractivity contribution in [1.29, 1.82) is 0 Å². The van der Waals surface area contributed by atoms with E-state index in [4.69, 9.17) is 23.2 Å². The molecule has 0 fully saturated rings. The van der Waals surface area contributed by atoms with Crippen LogP contribution in [0.3, 0.4) is 0 Å². The second kappa shape index (κ2) is 12.9. The molecule has 0 aliphatic carbocycles. The minimum atomic E-state index is -4.19. The Hall–Kier alpha value is -3.07. The molecule has 0 spiro atoms. The Morgan fingerprint density at radius 3 is 2.13 bits per heavy atom. The first-order valence-electron chi connectivity index (χ1n) is 12.5. The highest BCUT2D eigenvalue weighted by molar-refractivity contribution is 7.92. The SMILES string of the molecule is Cc1ccc(S(=O)(=O)N(CC(=O)N(Cc2ccccc2C)[C@H](C)C(=O)NC(C)C)c2ccc(Cl)c(Cl)c2)cc1. The Labute approximate surface area is 240 Å². The lowest BCUT2D eigenvalue weighted by atomic mass is 10.1. The molecule has 3 aromatic rings. The molecule has 0 saturated heterocycles. The molecule has 1 N–H and O–H groups in total. The summed E-state index contributed by atoms with van der Waals surface area (Å²) in [7, 11) is -4.19. The van der Waals surface area contributed by atoms with Crippen LogP contribution in [0.4, 0.5) is 5.69 Å². The molecule has 208 valence electrons. The van der Waals surface area contributed by atoms with E-state index in [0.29, 0.717) is 0 Å². The smallest absolute Gasteiger partial charge is 0.264 e. The van der Waals surface area contributed by atoms with Crippen LogP contribution in [0.15, 0.2) is 71.6 Å². The molecule has 0 aromatic heterocycles. The number of carbonyl (C=O) groups is 2. The van der Waals surface area contributed by atoms with Gasteiger partial charge in [-0.3, -0.25) is 13.9 Å². The van der Waals surface area contributed by atoms with Gasteiger partial charge in [0.05, 0.1) is 20.6 Å². The van der Waals surface area contributed by atoms with E-state index < -0.39 is 28.5 Å². The van der Waals surface area contributed by atoms with Crippen molar-refractivity contribution in [3.05, 3.63) is 93.5 Å². The largest absolute Gasteiger partial charge is 0.352 e. The van der Waals surface area contributed by atoms with Crippen LogP contribution in [-0.2, 0) is 26.2 Å². The zero-order valence-corrected chi connectivity index (χ0v) is 24.9. The van der Waals surface area contributed by atoms with Gasteiger partial charge in [0.15, 0.2) is 0 Å². The average molecular weight is 591 g/mol. The molecular formula is C29H33Cl2N3O4S. The second-order valence-corrected chi connectivity index (χ2v) is 12.4. The standard InChI is InChI=1S/C29H33Cl2N3O4S/c1-19(2)32-29(36)22(5)33(17-23-9-7-6-8-21(23)4)28(35)18-34(24-12-15-26(30)27(31)16-24)39(37,38)25-13-10-20(3)11-14-25/h6-16,19,22H,17-18H2,1-5H3,(H,32,36)/t22-/m1/s1. The molecule has 7 nitrogen and oxygen atoms in total. The summed E-state index contributed by atoms with van der Waals surface area (Å²) in [5.41, 5.74) is 2.85. The number of hydrogen-bond donors (Lipinski definition) is 1. The molecule has 2 amide bonds. The number of halogens is 2. The van der Waals surface area contributed by atoms with Crippen LogP contribution >= 0.6 is 23.2 Å². The number of sulfonamides is 1. The van der Waals surface area contributed by atoms with Crippen LogP contribution in [0.25, 0.3) is 0 Å². The number of amides is 2. The minimum Gasteiger partial charge on any atom is -0.352 e. The fraction of sp³-hybridized carbons (Fsp3) is 0.310. The van der Waals surface area contributed by atoms with Crippen LogP contribution in [-0.4, -0.2) is 43.8 Å². The monoisotopic (exact) mass is 589 g/mol. The van der Waals surface area contributed by atoms with Crippen molar-refractivity contribution < 1.29 is 18.0 Å². The molecule has 1 atom stereocenters. The average Bonchev–Trinajstić information content (AvgIpc) is 2.87. The molecule has 0 heterocycles. The Morgan fingerprint density at radius 1 is 0.897 bits per heavy atom. The maximum atomic E-state index is 13.9. The number of nitrogens with zero attached hydrogens (tertiary/aromatic N) is 2. The molecule has 0 saturated carbocycles. The van der Waals surface area contributed by atoms with Gasteiger partial charge in [0.1, 0.15) is 12.6 Å². The van der Waals surface area contributed by atoms with Crippen molar-refractivity contribution in [2.45, 2.75) is 58.1 Å². The summed E-state index contributed by atoms with van der Waals surface area (Å²) in [4.78, 5) is 28.3. The van der Waals surface area contributed by atoms with Crippen LogP contribution in [0.1, 0.15) is 37.5 Å². The summed E-state index contributed by atoms with van der Waals surface area (Å²) >= 11 is 12.3. The third-order valence-corrected chi connectivity index (χ3v) is 8.81. The first-order valence-corrected chi connectivity index (χ1v) is 14.7. The minimum absolute atomic E-state index is 0.0167. The summed E-state index contributed by atoms with van der Waals surface area (Å²) in [5.74, 6) is -0.888. The highest BCUT2D eigenvalue weighted by atomic mass is 35.5. The third-order valence-electron chi connectivity index (χ3n) is 6.28. The number of rotatable bonds is 10. The summed E-state index contributed by atoms with van der Waals surface area (Å²) in [5, 5.41) is 3.24. The fourth-order valence-corrected chi connectivity index (χ4v) is 5.66. The molecule has 3 aromatic carbocycles. The van der Waals surface area contributed by atoms with Crippen molar-refractivity contribution >= 4 is 50.7 Å². The molecule has 0 bridgehead atoms. The van der Waals surface area contributed by atoms with Gasteiger partial charge in [0.2, 0.25) is 11.8 Å². The van der Waals surface area contributed by atoms with Crippen LogP contribution in [0, 0.1) is 13.8 Å². The predicted molar refractivity (Wildman–Crippen MR) is 157 cm³/mol. The van der Waals surface area contributed by atoms with Crippen LogP contribution in [0.5, 0.6) is 0 Å². The maximum Gasteiger partial charge on any atom is 0.264 e. The zero-order valence-electron chi connectivity index (χ0n) is 22.6. The molecule has 10 heteroatoms. The number of anilines is 1. The number of benzene rings is 3. The first kappa shape index (κ1) is 30.5. The van der Waals surface area contributed by atoms with Crippen LogP contribution in [0.2, 0.25) is 10.0 Å². The Bertz CT molecular complexity index is 1440. The summed E-state index contributed by atoms with van der Waals surface area (Å²) in [6, 6.07) is 17.3. The van der Waals surface area contributed by atoms with E-state index in [0.717, 1.165) is 21.0 Å². The van der Waals surface area contributed by atoms with E-state index in [-0.39, 0.29) is 39.1 Å². The van der Waals surface area contributed by atoms with E-state index in [2.05, 4.69) is 5.32 Å². The zero-order chi connectivity index (χ0) is 28.9.